The number of hydrogen-bond donors (Lipinski definition) is 1. The minimum Gasteiger partial charge on any atom is -0.472 e. The Morgan fingerprint density at radius 2 is 1.95 bits per heavy atom. The van der Waals surface area contributed by atoms with Crippen LogP contribution in [0.25, 0.3) is 11.4 Å². The molecule has 2 heterocycles. The van der Waals surface area contributed by atoms with E-state index in [0.29, 0.717) is 24.7 Å². The third kappa shape index (κ3) is 2.41. The summed E-state index contributed by atoms with van der Waals surface area (Å²) in [5.74, 6) is 1.10. The van der Waals surface area contributed by atoms with Crippen LogP contribution in [0.2, 0.25) is 0 Å². The van der Waals surface area contributed by atoms with Crippen molar-refractivity contribution in [2.24, 2.45) is 5.73 Å². The summed E-state index contributed by atoms with van der Waals surface area (Å²) in [5.41, 5.74) is 8.71. The maximum Gasteiger partial charge on any atom is 0.231 e. The fraction of sp³-hybridized carbons (Fsp3) is 0.143. The first-order valence-electron chi connectivity index (χ1n) is 5.99. The molecule has 19 heavy (non-hydrogen) atoms. The minimum atomic E-state index is 0.499. The lowest BCUT2D eigenvalue weighted by Crippen LogP contribution is -2.02. The lowest BCUT2D eigenvalue weighted by atomic mass is 10.0. The van der Waals surface area contributed by atoms with E-state index < -0.39 is 0 Å². The SMILES string of the molecule is NCc1ccccc1Cc1nc(-c2ccoc2)no1. The molecular formula is C14H13N3O2. The average Bonchev–Trinajstić information content (AvgIpc) is 3.09. The molecule has 0 spiro atoms. The molecule has 0 radical (unpaired) electrons. The van der Waals surface area contributed by atoms with Gasteiger partial charge in [-0.2, -0.15) is 4.98 Å². The lowest BCUT2D eigenvalue weighted by molar-refractivity contribution is 0.385. The molecule has 0 fully saturated rings. The van der Waals surface area contributed by atoms with Crippen LogP contribution in [0.15, 0.2) is 51.8 Å². The van der Waals surface area contributed by atoms with Crippen molar-refractivity contribution in [3.05, 3.63) is 59.9 Å². The van der Waals surface area contributed by atoms with E-state index in [-0.39, 0.29) is 0 Å². The summed E-state index contributed by atoms with van der Waals surface area (Å²) in [6.45, 7) is 0.499. The smallest absolute Gasteiger partial charge is 0.231 e. The quantitative estimate of drug-likeness (QED) is 0.774. The van der Waals surface area contributed by atoms with Crippen LogP contribution in [-0.2, 0) is 13.0 Å². The van der Waals surface area contributed by atoms with Crippen molar-refractivity contribution in [2.45, 2.75) is 13.0 Å². The minimum absolute atomic E-state index is 0.499. The van der Waals surface area contributed by atoms with Gasteiger partial charge in [-0.15, -0.1) is 0 Å². The van der Waals surface area contributed by atoms with E-state index in [9.17, 15) is 0 Å². The topological polar surface area (TPSA) is 78.1 Å². The number of nitrogens with zero attached hydrogens (tertiary/aromatic N) is 2. The second kappa shape index (κ2) is 5.07. The van der Waals surface area contributed by atoms with Crippen molar-refractivity contribution in [1.82, 2.24) is 10.1 Å². The van der Waals surface area contributed by atoms with Crippen molar-refractivity contribution < 1.29 is 8.94 Å². The Morgan fingerprint density at radius 1 is 1.11 bits per heavy atom. The number of benzene rings is 1. The highest BCUT2D eigenvalue weighted by atomic mass is 16.5. The van der Waals surface area contributed by atoms with Crippen LogP contribution in [0, 0.1) is 0 Å². The van der Waals surface area contributed by atoms with Gasteiger partial charge < -0.3 is 14.7 Å². The zero-order chi connectivity index (χ0) is 13.1. The van der Waals surface area contributed by atoms with Crippen LogP contribution < -0.4 is 5.73 Å². The number of furan rings is 1. The van der Waals surface area contributed by atoms with Crippen LogP contribution >= 0.6 is 0 Å². The van der Waals surface area contributed by atoms with E-state index in [1.54, 1.807) is 18.6 Å². The predicted octanol–water partition coefficient (Wildman–Crippen LogP) is 2.38. The molecule has 0 saturated heterocycles. The highest BCUT2D eigenvalue weighted by molar-refractivity contribution is 5.51. The molecule has 0 aliphatic carbocycles. The van der Waals surface area contributed by atoms with E-state index in [4.69, 9.17) is 14.7 Å². The molecule has 96 valence electrons. The largest absolute Gasteiger partial charge is 0.472 e. The number of hydrogen-bond acceptors (Lipinski definition) is 5. The van der Waals surface area contributed by atoms with Crippen LogP contribution in [0.4, 0.5) is 0 Å². The molecule has 3 aromatic rings. The zero-order valence-corrected chi connectivity index (χ0v) is 10.2. The highest BCUT2D eigenvalue weighted by Crippen LogP contribution is 2.18. The standard InChI is InChI=1S/C14H13N3O2/c15-8-11-4-2-1-3-10(11)7-13-16-14(17-19-13)12-5-6-18-9-12/h1-6,9H,7-8,15H2. The summed E-state index contributed by atoms with van der Waals surface area (Å²) in [6.07, 6.45) is 3.75. The van der Waals surface area contributed by atoms with Crippen molar-refractivity contribution in [3.63, 3.8) is 0 Å². The average molecular weight is 255 g/mol. The zero-order valence-electron chi connectivity index (χ0n) is 10.2. The molecule has 5 nitrogen and oxygen atoms in total. The first kappa shape index (κ1) is 11.7. The summed E-state index contributed by atoms with van der Waals surface area (Å²) >= 11 is 0. The normalized spacial score (nSPS) is 10.8. The molecule has 0 aliphatic heterocycles. The predicted molar refractivity (Wildman–Crippen MR) is 69.1 cm³/mol. The first-order valence-corrected chi connectivity index (χ1v) is 5.99. The molecule has 0 saturated carbocycles. The number of rotatable bonds is 4. The summed E-state index contributed by atoms with van der Waals surface area (Å²) in [4.78, 5) is 4.34. The van der Waals surface area contributed by atoms with E-state index in [1.807, 2.05) is 24.3 Å². The van der Waals surface area contributed by atoms with E-state index in [2.05, 4.69) is 10.1 Å². The molecule has 0 aliphatic rings. The monoisotopic (exact) mass is 255 g/mol. The van der Waals surface area contributed by atoms with Gasteiger partial charge in [-0.3, -0.25) is 0 Å². The van der Waals surface area contributed by atoms with Crippen LogP contribution in [-0.4, -0.2) is 10.1 Å². The lowest BCUT2D eigenvalue weighted by Gasteiger charge is -2.03. The molecule has 2 aromatic heterocycles. The van der Waals surface area contributed by atoms with Gasteiger partial charge in [0.05, 0.1) is 18.2 Å². The van der Waals surface area contributed by atoms with Crippen molar-refractivity contribution in [1.29, 1.82) is 0 Å². The molecule has 2 N–H and O–H groups in total. The van der Waals surface area contributed by atoms with E-state index >= 15 is 0 Å². The fourth-order valence-electron chi connectivity index (χ4n) is 1.93. The molecule has 0 unspecified atom stereocenters. The summed E-state index contributed by atoms with van der Waals surface area (Å²) in [6, 6.07) is 9.76. The molecular weight excluding hydrogens is 242 g/mol. The Labute approximate surface area is 110 Å². The Bertz CT molecular complexity index is 659. The highest BCUT2D eigenvalue weighted by Gasteiger charge is 2.11. The van der Waals surface area contributed by atoms with Crippen LogP contribution in [0.1, 0.15) is 17.0 Å². The van der Waals surface area contributed by atoms with Gasteiger partial charge in [0.1, 0.15) is 6.26 Å². The van der Waals surface area contributed by atoms with Gasteiger partial charge in [0.25, 0.3) is 0 Å². The summed E-state index contributed by atoms with van der Waals surface area (Å²) in [7, 11) is 0. The molecule has 0 amide bonds. The molecule has 0 atom stereocenters. The molecule has 1 aromatic carbocycles. The third-order valence-corrected chi connectivity index (χ3v) is 2.93. The molecule has 3 rings (SSSR count). The number of nitrogens with two attached hydrogens (primary N) is 1. The van der Waals surface area contributed by atoms with Crippen molar-refractivity contribution in [3.8, 4) is 11.4 Å². The van der Waals surface area contributed by atoms with Gasteiger partial charge >= 0.3 is 0 Å². The van der Waals surface area contributed by atoms with Crippen LogP contribution in [0.3, 0.4) is 0 Å². The second-order valence-electron chi connectivity index (χ2n) is 4.17. The first-order chi connectivity index (χ1) is 9.36. The third-order valence-electron chi connectivity index (χ3n) is 2.93. The van der Waals surface area contributed by atoms with Gasteiger partial charge in [-0.25, -0.2) is 0 Å². The van der Waals surface area contributed by atoms with Gasteiger partial charge in [0.15, 0.2) is 0 Å². The summed E-state index contributed by atoms with van der Waals surface area (Å²) in [5, 5.41) is 3.93. The maximum atomic E-state index is 5.71. The summed E-state index contributed by atoms with van der Waals surface area (Å²) < 4.78 is 10.2. The fourth-order valence-corrected chi connectivity index (χ4v) is 1.93. The van der Waals surface area contributed by atoms with E-state index in [1.165, 1.54) is 0 Å². The van der Waals surface area contributed by atoms with Gasteiger partial charge in [-0.1, -0.05) is 29.4 Å². The maximum absolute atomic E-state index is 5.71. The van der Waals surface area contributed by atoms with Crippen LogP contribution in [0.5, 0.6) is 0 Å². The van der Waals surface area contributed by atoms with Crippen molar-refractivity contribution >= 4 is 0 Å². The Morgan fingerprint density at radius 3 is 2.68 bits per heavy atom. The molecule has 0 bridgehead atoms. The Balaban J connectivity index is 1.84. The number of aromatic nitrogens is 2. The Hall–Kier alpha value is -2.40. The van der Waals surface area contributed by atoms with Gasteiger partial charge in [-0.05, 0) is 17.2 Å². The van der Waals surface area contributed by atoms with Crippen molar-refractivity contribution in [2.75, 3.05) is 0 Å². The van der Waals surface area contributed by atoms with Gasteiger partial charge in [0, 0.05) is 6.54 Å². The molecule has 5 heteroatoms. The second-order valence-corrected chi connectivity index (χ2v) is 4.17. The van der Waals surface area contributed by atoms with E-state index in [0.717, 1.165) is 16.7 Å². The van der Waals surface area contributed by atoms with Gasteiger partial charge in [0.2, 0.25) is 11.7 Å². The Kier molecular flexibility index (Phi) is 3.12.